The van der Waals surface area contributed by atoms with Crippen molar-refractivity contribution in [3.8, 4) is 0 Å². The van der Waals surface area contributed by atoms with E-state index in [4.69, 9.17) is 5.73 Å². The summed E-state index contributed by atoms with van der Waals surface area (Å²) in [6.45, 7) is 3.01. The second-order valence-corrected chi connectivity index (χ2v) is 4.85. The average Bonchev–Trinajstić information content (AvgIpc) is 2.66. The van der Waals surface area contributed by atoms with Gasteiger partial charge in [0.05, 0.1) is 5.69 Å². The summed E-state index contributed by atoms with van der Waals surface area (Å²) < 4.78 is 13.2. The molecule has 1 fully saturated rings. The molecular formula is C13H19FN2. The largest absolute Gasteiger partial charge is 0.396 e. The minimum Gasteiger partial charge on any atom is -0.396 e. The number of nitrogens with one attached hydrogen (secondary N) is 1. The van der Waals surface area contributed by atoms with Gasteiger partial charge in [-0.25, -0.2) is 4.39 Å². The van der Waals surface area contributed by atoms with Crippen LogP contribution in [0.25, 0.3) is 0 Å². The molecule has 2 rings (SSSR count). The van der Waals surface area contributed by atoms with E-state index >= 15 is 0 Å². The maximum Gasteiger partial charge on any atom is 0.146 e. The van der Waals surface area contributed by atoms with E-state index < -0.39 is 0 Å². The standard InChI is InChI=1S/C13H19FN2/c1-9-2-4-11(6-9)16-8-10-3-5-13(15)12(14)7-10/h3,5,7,9,11,16H,2,4,6,8,15H2,1H3. The van der Waals surface area contributed by atoms with Gasteiger partial charge < -0.3 is 11.1 Å². The number of nitrogen functional groups attached to an aromatic ring is 1. The summed E-state index contributed by atoms with van der Waals surface area (Å²) in [5.41, 5.74) is 6.61. The van der Waals surface area contributed by atoms with Gasteiger partial charge in [0.2, 0.25) is 0 Å². The van der Waals surface area contributed by atoms with Crippen molar-refractivity contribution < 1.29 is 4.39 Å². The number of halogens is 1. The highest BCUT2D eigenvalue weighted by Crippen LogP contribution is 2.24. The summed E-state index contributed by atoms with van der Waals surface area (Å²) in [4.78, 5) is 0. The summed E-state index contributed by atoms with van der Waals surface area (Å²) in [5, 5.41) is 3.47. The van der Waals surface area contributed by atoms with Crippen molar-refractivity contribution in [1.29, 1.82) is 0 Å². The lowest BCUT2D eigenvalue weighted by Crippen LogP contribution is -2.25. The Hall–Kier alpha value is -1.09. The van der Waals surface area contributed by atoms with Crippen LogP contribution in [-0.2, 0) is 6.54 Å². The first-order valence-electron chi connectivity index (χ1n) is 5.92. The third-order valence-electron chi connectivity index (χ3n) is 3.35. The Morgan fingerprint density at radius 1 is 1.44 bits per heavy atom. The highest BCUT2D eigenvalue weighted by molar-refractivity contribution is 5.41. The first kappa shape index (κ1) is 11.4. The van der Waals surface area contributed by atoms with Gasteiger partial charge >= 0.3 is 0 Å². The lowest BCUT2D eigenvalue weighted by Gasteiger charge is -2.12. The van der Waals surface area contributed by atoms with E-state index in [0.29, 0.717) is 6.04 Å². The maximum absolute atomic E-state index is 13.2. The van der Waals surface area contributed by atoms with Gasteiger partial charge in [-0.3, -0.25) is 0 Å². The first-order valence-corrected chi connectivity index (χ1v) is 5.92. The van der Waals surface area contributed by atoms with Crippen LogP contribution in [0.2, 0.25) is 0 Å². The molecule has 16 heavy (non-hydrogen) atoms. The Balaban J connectivity index is 1.87. The zero-order valence-corrected chi connectivity index (χ0v) is 9.67. The molecule has 0 aliphatic heterocycles. The molecule has 2 nitrogen and oxygen atoms in total. The minimum atomic E-state index is -0.320. The number of rotatable bonds is 3. The topological polar surface area (TPSA) is 38.0 Å². The second-order valence-electron chi connectivity index (χ2n) is 4.85. The fourth-order valence-corrected chi connectivity index (χ4v) is 2.34. The number of anilines is 1. The van der Waals surface area contributed by atoms with Crippen molar-refractivity contribution in [1.82, 2.24) is 5.32 Å². The predicted octanol–water partition coefficient (Wildman–Crippen LogP) is 2.69. The zero-order chi connectivity index (χ0) is 11.5. The maximum atomic E-state index is 13.2. The van der Waals surface area contributed by atoms with Crippen LogP contribution >= 0.6 is 0 Å². The Morgan fingerprint density at radius 3 is 2.88 bits per heavy atom. The zero-order valence-electron chi connectivity index (χ0n) is 9.67. The monoisotopic (exact) mass is 222 g/mol. The van der Waals surface area contributed by atoms with Crippen LogP contribution in [0.3, 0.4) is 0 Å². The van der Waals surface area contributed by atoms with Gasteiger partial charge in [-0.2, -0.15) is 0 Å². The minimum absolute atomic E-state index is 0.221. The normalized spacial score (nSPS) is 24.9. The van der Waals surface area contributed by atoms with E-state index in [2.05, 4.69) is 12.2 Å². The van der Waals surface area contributed by atoms with Gasteiger partial charge in [-0.15, -0.1) is 0 Å². The summed E-state index contributed by atoms with van der Waals surface area (Å²) in [7, 11) is 0. The van der Waals surface area contributed by atoms with Crippen LogP contribution in [0.15, 0.2) is 18.2 Å². The molecule has 0 radical (unpaired) electrons. The van der Waals surface area contributed by atoms with E-state index in [1.54, 1.807) is 6.07 Å². The predicted molar refractivity (Wildman–Crippen MR) is 64.5 cm³/mol. The molecule has 0 bridgehead atoms. The lowest BCUT2D eigenvalue weighted by atomic mass is 10.1. The Bertz CT molecular complexity index is 365. The molecule has 1 saturated carbocycles. The van der Waals surface area contributed by atoms with Crippen molar-refractivity contribution >= 4 is 5.69 Å². The van der Waals surface area contributed by atoms with Crippen LogP contribution < -0.4 is 11.1 Å². The SMILES string of the molecule is CC1CCC(NCc2ccc(N)c(F)c2)C1. The van der Waals surface area contributed by atoms with Gasteiger partial charge in [0, 0.05) is 12.6 Å². The van der Waals surface area contributed by atoms with Gasteiger partial charge in [0.15, 0.2) is 0 Å². The van der Waals surface area contributed by atoms with Crippen LogP contribution in [0.1, 0.15) is 31.7 Å². The van der Waals surface area contributed by atoms with E-state index in [0.717, 1.165) is 18.0 Å². The molecule has 2 unspecified atom stereocenters. The Kier molecular flexibility index (Phi) is 3.44. The van der Waals surface area contributed by atoms with E-state index in [9.17, 15) is 4.39 Å². The number of hydrogen-bond acceptors (Lipinski definition) is 2. The van der Waals surface area contributed by atoms with Gasteiger partial charge in [0.25, 0.3) is 0 Å². The highest BCUT2D eigenvalue weighted by Gasteiger charge is 2.20. The van der Waals surface area contributed by atoms with E-state index in [1.807, 2.05) is 6.07 Å². The number of benzene rings is 1. The molecule has 0 saturated heterocycles. The molecule has 3 N–H and O–H groups in total. The molecule has 0 aromatic heterocycles. The molecule has 88 valence electrons. The molecule has 3 heteroatoms. The van der Waals surface area contributed by atoms with Crippen molar-refractivity contribution in [2.75, 3.05) is 5.73 Å². The summed E-state index contributed by atoms with van der Waals surface area (Å²) >= 11 is 0. The van der Waals surface area contributed by atoms with Crippen molar-refractivity contribution in [2.24, 2.45) is 5.92 Å². The highest BCUT2D eigenvalue weighted by atomic mass is 19.1. The fourth-order valence-electron chi connectivity index (χ4n) is 2.34. The molecule has 0 heterocycles. The summed E-state index contributed by atoms with van der Waals surface area (Å²) in [6, 6.07) is 5.62. The molecule has 1 aromatic rings. The molecule has 1 aliphatic rings. The van der Waals surface area contributed by atoms with Crippen LogP contribution in [0, 0.1) is 11.7 Å². The fraction of sp³-hybridized carbons (Fsp3) is 0.538. The van der Waals surface area contributed by atoms with E-state index in [1.165, 1.54) is 25.3 Å². The van der Waals surface area contributed by atoms with Gasteiger partial charge in [0.1, 0.15) is 5.82 Å². The molecule has 1 aliphatic carbocycles. The van der Waals surface area contributed by atoms with Crippen LogP contribution in [-0.4, -0.2) is 6.04 Å². The lowest BCUT2D eigenvalue weighted by molar-refractivity contribution is 0.501. The third kappa shape index (κ3) is 2.73. The molecule has 0 amide bonds. The third-order valence-corrected chi connectivity index (χ3v) is 3.35. The molecule has 0 spiro atoms. The smallest absolute Gasteiger partial charge is 0.146 e. The van der Waals surface area contributed by atoms with E-state index in [-0.39, 0.29) is 11.5 Å². The Morgan fingerprint density at radius 2 is 2.25 bits per heavy atom. The second kappa shape index (κ2) is 4.83. The number of nitrogens with two attached hydrogens (primary N) is 1. The number of hydrogen-bond donors (Lipinski definition) is 2. The average molecular weight is 222 g/mol. The van der Waals surface area contributed by atoms with Crippen molar-refractivity contribution in [3.63, 3.8) is 0 Å². The van der Waals surface area contributed by atoms with Crippen LogP contribution in [0.5, 0.6) is 0 Å². The summed E-state index contributed by atoms with van der Waals surface area (Å²) in [6.07, 6.45) is 3.77. The molecule has 2 atom stereocenters. The van der Waals surface area contributed by atoms with Gasteiger partial charge in [-0.1, -0.05) is 13.0 Å². The Labute approximate surface area is 96.0 Å². The quantitative estimate of drug-likeness (QED) is 0.772. The molecular weight excluding hydrogens is 203 g/mol. The summed E-state index contributed by atoms with van der Waals surface area (Å²) in [5.74, 6) is 0.500. The first-order chi connectivity index (χ1) is 7.65. The van der Waals surface area contributed by atoms with Crippen molar-refractivity contribution in [3.05, 3.63) is 29.6 Å². The van der Waals surface area contributed by atoms with Crippen LogP contribution in [0.4, 0.5) is 10.1 Å². The molecule has 1 aromatic carbocycles. The van der Waals surface area contributed by atoms with Gasteiger partial charge in [-0.05, 0) is 42.9 Å². The van der Waals surface area contributed by atoms with Crippen molar-refractivity contribution in [2.45, 2.75) is 38.8 Å².